The normalized spacial score (nSPS) is 9.00. The van der Waals surface area contributed by atoms with Crippen LogP contribution in [0.2, 0.25) is 0 Å². The highest BCUT2D eigenvalue weighted by Crippen LogP contribution is 1.98. The second-order valence-corrected chi connectivity index (χ2v) is 2.11. The smallest absolute Gasteiger partial charge is 0.107 e. The van der Waals surface area contributed by atoms with Gasteiger partial charge in [0.15, 0.2) is 0 Å². The van der Waals surface area contributed by atoms with Crippen LogP contribution < -0.4 is 0 Å². The van der Waals surface area contributed by atoms with E-state index in [1.165, 1.54) is 0 Å². The lowest BCUT2D eigenvalue weighted by Crippen LogP contribution is -1.91. The molecule has 0 N–H and O–H groups in total. The van der Waals surface area contributed by atoms with Gasteiger partial charge in [0, 0.05) is 0 Å². The van der Waals surface area contributed by atoms with Crippen LogP contribution in [0.3, 0.4) is 0 Å². The lowest BCUT2D eigenvalue weighted by molar-refractivity contribution is 0.153. The summed E-state index contributed by atoms with van der Waals surface area (Å²) in [6, 6.07) is 10.5. The van der Waals surface area contributed by atoms with Crippen molar-refractivity contribution in [1.82, 2.24) is 0 Å². The van der Waals surface area contributed by atoms with E-state index < -0.39 is 0 Å². The Hall–Kier alpha value is -1.26. The summed E-state index contributed by atoms with van der Waals surface area (Å²) in [7, 11) is 0. The Morgan fingerprint density at radius 3 is 2.82 bits per heavy atom. The second-order valence-electron chi connectivity index (χ2n) is 2.11. The number of terminal acetylenes is 1. The molecule has 11 heavy (non-hydrogen) atoms. The van der Waals surface area contributed by atoms with E-state index in [9.17, 15) is 0 Å². The molecule has 0 heterocycles. The molecule has 0 amide bonds. The Balaban J connectivity index is 2.35. The highest BCUT2D eigenvalue weighted by Gasteiger charge is 1.88. The van der Waals surface area contributed by atoms with Gasteiger partial charge in [-0.05, 0) is 11.6 Å². The molecule has 0 atom stereocenters. The fourth-order valence-electron chi connectivity index (χ4n) is 0.745. The summed E-state index contributed by atoms with van der Waals surface area (Å²) >= 11 is 0. The molecule has 0 bridgehead atoms. The van der Waals surface area contributed by atoms with Gasteiger partial charge < -0.3 is 4.74 Å². The maximum atomic E-state index is 5.12. The molecule has 0 aliphatic heterocycles. The zero-order valence-electron chi connectivity index (χ0n) is 6.21. The first-order valence-electron chi connectivity index (χ1n) is 3.39. The molecule has 0 aromatic heterocycles. The maximum absolute atomic E-state index is 5.12. The minimum absolute atomic E-state index is 0.374. The molecule has 0 saturated heterocycles. The average molecular weight is 145 g/mol. The van der Waals surface area contributed by atoms with Gasteiger partial charge in [0.2, 0.25) is 0 Å². The third kappa shape index (κ3) is 2.88. The van der Waals surface area contributed by atoms with Crippen molar-refractivity contribution in [2.75, 3.05) is 6.61 Å². The quantitative estimate of drug-likeness (QED) is 0.464. The summed E-state index contributed by atoms with van der Waals surface area (Å²) in [5, 5.41) is 0. The predicted molar refractivity (Wildman–Crippen MR) is 43.8 cm³/mol. The van der Waals surface area contributed by atoms with E-state index in [1.54, 1.807) is 0 Å². The lowest BCUT2D eigenvalue weighted by atomic mass is 10.2. The van der Waals surface area contributed by atoms with Crippen LogP contribution >= 0.6 is 0 Å². The van der Waals surface area contributed by atoms with E-state index in [1.807, 2.05) is 24.3 Å². The van der Waals surface area contributed by atoms with Gasteiger partial charge in [-0.3, -0.25) is 0 Å². The summed E-state index contributed by atoms with van der Waals surface area (Å²) < 4.78 is 5.12. The Kier molecular flexibility index (Phi) is 3.24. The average Bonchev–Trinajstić information content (AvgIpc) is 2.07. The van der Waals surface area contributed by atoms with E-state index in [2.05, 4.69) is 12.0 Å². The fourth-order valence-corrected chi connectivity index (χ4v) is 0.745. The van der Waals surface area contributed by atoms with E-state index >= 15 is 0 Å². The van der Waals surface area contributed by atoms with E-state index in [4.69, 9.17) is 11.2 Å². The van der Waals surface area contributed by atoms with Gasteiger partial charge in [-0.2, -0.15) is 0 Å². The topological polar surface area (TPSA) is 9.23 Å². The van der Waals surface area contributed by atoms with Crippen LogP contribution in [-0.4, -0.2) is 6.61 Å². The van der Waals surface area contributed by atoms with Crippen LogP contribution in [0.15, 0.2) is 24.3 Å². The number of hydrogen-bond donors (Lipinski definition) is 0. The first-order chi connectivity index (χ1) is 5.43. The fraction of sp³-hybridized carbons (Fsp3) is 0.200. The van der Waals surface area contributed by atoms with Crippen molar-refractivity contribution in [3.05, 3.63) is 35.9 Å². The molecule has 0 spiro atoms. The first kappa shape index (κ1) is 7.84. The molecular weight excluding hydrogens is 136 g/mol. The van der Waals surface area contributed by atoms with Crippen LogP contribution in [0.1, 0.15) is 5.56 Å². The van der Waals surface area contributed by atoms with Crippen molar-refractivity contribution >= 4 is 0 Å². The standard InChI is InChI=1S/C10H9O/c1-2-8-11-9-10-6-4-3-5-7-10/h1,4-7H,8-9H2. The van der Waals surface area contributed by atoms with Crippen LogP contribution in [0, 0.1) is 18.4 Å². The highest BCUT2D eigenvalue weighted by molar-refractivity contribution is 5.12. The molecule has 0 saturated carbocycles. The molecule has 55 valence electrons. The molecule has 0 aliphatic rings. The molecule has 1 aromatic rings. The minimum Gasteiger partial charge on any atom is -0.364 e. The van der Waals surface area contributed by atoms with Crippen LogP contribution in [0.5, 0.6) is 0 Å². The zero-order chi connectivity index (χ0) is 7.94. The Morgan fingerprint density at radius 2 is 2.18 bits per heavy atom. The number of rotatable bonds is 3. The van der Waals surface area contributed by atoms with Gasteiger partial charge in [0.25, 0.3) is 0 Å². The molecular formula is C10H9O. The number of hydrogen-bond acceptors (Lipinski definition) is 1. The van der Waals surface area contributed by atoms with Gasteiger partial charge in [-0.25, -0.2) is 0 Å². The molecule has 1 heteroatoms. The summed E-state index contributed by atoms with van der Waals surface area (Å²) in [6.45, 7) is 0.956. The minimum atomic E-state index is 0.374. The van der Waals surface area contributed by atoms with Gasteiger partial charge in [-0.15, -0.1) is 6.42 Å². The van der Waals surface area contributed by atoms with Crippen LogP contribution in [-0.2, 0) is 11.3 Å². The van der Waals surface area contributed by atoms with E-state index in [0.29, 0.717) is 13.2 Å². The number of ether oxygens (including phenoxy) is 1. The molecule has 0 fully saturated rings. The van der Waals surface area contributed by atoms with Gasteiger partial charge in [0.05, 0.1) is 6.61 Å². The second kappa shape index (κ2) is 4.54. The summed E-state index contributed by atoms with van der Waals surface area (Å²) in [5.41, 5.74) is 1.12. The van der Waals surface area contributed by atoms with Crippen molar-refractivity contribution < 1.29 is 4.74 Å². The zero-order valence-corrected chi connectivity index (χ0v) is 6.21. The van der Waals surface area contributed by atoms with Crippen molar-refractivity contribution in [2.45, 2.75) is 6.61 Å². The first-order valence-corrected chi connectivity index (χ1v) is 3.39. The SMILES string of the molecule is C#CCOCc1cc[c]cc1. The molecule has 1 aromatic carbocycles. The van der Waals surface area contributed by atoms with Crippen molar-refractivity contribution in [3.8, 4) is 12.3 Å². The molecule has 0 unspecified atom stereocenters. The summed E-state index contributed by atoms with van der Waals surface area (Å²) in [6.07, 6.45) is 5.01. The lowest BCUT2D eigenvalue weighted by Gasteiger charge is -1.98. The Morgan fingerprint density at radius 1 is 1.45 bits per heavy atom. The monoisotopic (exact) mass is 145 g/mol. The van der Waals surface area contributed by atoms with E-state index in [0.717, 1.165) is 5.56 Å². The Bertz CT molecular complexity index is 233. The molecule has 1 nitrogen and oxygen atoms in total. The largest absolute Gasteiger partial charge is 0.364 e. The van der Waals surface area contributed by atoms with Gasteiger partial charge >= 0.3 is 0 Å². The summed E-state index contributed by atoms with van der Waals surface area (Å²) in [5.74, 6) is 2.41. The van der Waals surface area contributed by atoms with Crippen molar-refractivity contribution in [3.63, 3.8) is 0 Å². The number of benzene rings is 1. The molecule has 1 rings (SSSR count). The van der Waals surface area contributed by atoms with Gasteiger partial charge in [-0.1, -0.05) is 30.2 Å². The van der Waals surface area contributed by atoms with Crippen LogP contribution in [0.4, 0.5) is 0 Å². The third-order valence-corrected chi connectivity index (χ3v) is 1.24. The van der Waals surface area contributed by atoms with E-state index in [-0.39, 0.29) is 0 Å². The van der Waals surface area contributed by atoms with Gasteiger partial charge in [0.1, 0.15) is 6.61 Å². The Labute approximate surface area is 67.0 Å². The highest BCUT2D eigenvalue weighted by atomic mass is 16.5. The van der Waals surface area contributed by atoms with Crippen molar-refractivity contribution in [1.29, 1.82) is 0 Å². The predicted octanol–water partition coefficient (Wildman–Crippen LogP) is 1.64. The molecule has 0 aliphatic carbocycles. The van der Waals surface area contributed by atoms with Crippen molar-refractivity contribution in [2.24, 2.45) is 0 Å². The third-order valence-electron chi connectivity index (χ3n) is 1.24. The van der Waals surface area contributed by atoms with Crippen LogP contribution in [0.25, 0.3) is 0 Å². The summed E-state index contributed by atoms with van der Waals surface area (Å²) in [4.78, 5) is 0. The maximum Gasteiger partial charge on any atom is 0.107 e. The molecule has 1 radical (unpaired) electrons.